The average Bonchev–Trinajstić information content (AvgIpc) is 2.56. The van der Waals surface area contributed by atoms with Crippen molar-refractivity contribution in [1.82, 2.24) is 4.98 Å². The number of rotatable bonds is 11. The van der Waals surface area contributed by atoms with E-state index < -0.39 is 18.4 Å². The molecule has 0 saturated heterocycles. The molecule has 0 fully saturated rings. The van der Waals surface area contributed by atoms with Gasteiger partial charge in [-0.3, -0.25) is 0 Å². The van der Waals surface area contributed by atoms with Crippen molar-refractivity contribution in [2.45, 2.75) is 86.5 Å². The molecular weight excluding hydrogens is 403 g/mol. The van der Waals surface area contributed by atoms with Gasteiger partial charge in [0.2, 0.25) is 0 Å². The number of nitrogens with one attached hydrogen (secondary N) is 1. The summed E-state index contributed by atoms with van der Waals surface area (Å²) < 4.78 is 5.93. The minimum absolute atomic E-state index is 0.0453. The Hall–Kier alpha value is -0.581. The van der Waals surface area contributed by atoms with Gasteiger partial charge in [-0.05, 0) is 0 Å². The molecule has 136 valence electrons. The van der Waals surface area contributed by atoms with Crippen LogP contribution in [-0.2, 0) is 4.79 Å². The second-order valence-corrected chi connectivity index (χ2v) is 20.4. The molecule has 1 aromatic rings. The quantitative estimate of drug-likeness (QED) is 0.469. The predicted molar refractivity (Wildman–Crippen MR) is 108 cm³/mol. The van der Waals surface area contributed by atoms with Gasteiger partial charge in [-0.15, -0.1) is 0 Å². The number of hydrogen-bond donors (Lipinski definition) is 1. The molecule has 1 heterocycles. The van der Waals surface area contributed by atoms with Gasteiger partial charge in [-0.2, -0.15) is 0 Å². The summed E-state index contributed by atoms with van der Waals surface area (Å²) in [5.74, 6) is 0.684. The van der Waals surface area contributed by atoms with Gasteiger partial charge in [0.1, 0.15) is 0 Å². The third-order valence-electron chi connectivity index (χ3n) is 5.01. The molecule has 0 atom stereocenters. The van der Waals surface area contributed by atoms with Crippen LogP contribution < -0.4 is 8.90 Å². The van der Waals surface area contributed by atoms with Crippen LogP contribution in [0.5, 0.6) is 0 Å². The summed E-state index contributed by atoms with van der Waals surface area (Å²) in [4.78, 5) is 16.0. The molecule has 4 heteroatoms. The van der Waals surface area contributed by atoms with Gasteiger partial charge in [-0.25, -0.2) is 0 Å². The third-order valence-corrected chi connectivity index (χ3v) is 20.5. The van der Waals surface area contributed by atoms with E-state index >= 15 is 0 Å². The van der Waals surface area contributed by atoms with Crippen LogP contribution >= 0.6 is 0 Å². The Labute approximate surface area is 152 Å². The zero-order valence-electron chi connectivity index (χ0n) is 16.4. The Bertz CT molecular complexity index is 495. The molecule has 0 aliphatic rings. The summed E-state index contributed by atoms with van der Waals surface area (Å²) in [7, 11) is 0. The fourth-order valence-electron chi connectivity index (χ4n) is 3.52. The molecule has 0 unspecified atom stereocenters. The number of pyridine rings is 1. The molecule has 0 aliphatic heterocycles. The fraction of sp³-hybridized carbons (Fsp3) is 0.700. The minimum atomic E-state index is -2.40. The van der Waals surface area contributed by atoms with Gasteiger partial charge in [0.25, 0.3) is 0 Å². The summed E-state index contributed by atoms with van der Waals surface area (Å²) in [6.45, 7) is 10.5. The van der Waals surface area contributed by atoms with Crippen molar-refractivity contribution in [2.24, 2.45) is 0 Å². The second-order valence-electron chi connectivity index (χ2n) is 7.16. The molecule has 0 aliphatic carbocycles. The molecule has 1 aromatic heterocycles. The molecule has 0 radical (unpaired) electrons. The fourth-order valence-corrected chi connectivity index (χ4v) is 19.4. The number of unbranched alkanes of at least 4 members (excludes halogenated alkanes) is 3. The van der Waals surface area contributed by atoms with Crippen molar-refractivity contribution < 1.29 is 4.79 Å². The summed E-state index contributed by atoms with van der Waals surface area (Å²) >= 11 is -2.40. The molecule has 0 aromatic carbocycles. The monoisotopic (exact) mass is 440 g/mol. The van der Waals surface area contributed by atoms with Crippen LogP contribution in [0.15, 0.2) is 12.3 Å². The van der Waals surface area contributed by atoms with Gasteiger partial charge < -0.3 is 0 Å². The van der Waals surface area contributed by atoms with Crippen molar-refractivity contribution >= 4 is 33.7 Å². The summed E-state index contributed by atoms with van der Waals surface area (Å²) in [5.41, 5.74) is 1.12. The van der Waals surface area contributed by atoms with Crippen LogP contribution in [0.25, 0.3) is 0 Å². The van der Waals surface area contributed by atoms with Crippen LogP contribution in [0.4, 0.5) is 5.82 Å². The van der Waals surface area contributed by atoms with Gasteiger partial charge >= 0.3 is 153 Å². The Morgan fingerprint density at radius 2 is 1.54 bits per heavy atom. The van der Waals surface area contributed by atoms with Gasteiger partial charge in [0, 0.05) is 0 Å². The van der Waals surface area contributed by atoms with Crippen LogP contribution in [-0.4, -0.2) is 29.3 Å². The number of hydrogen-bond acceptors (Lipinski definition) is 2. The molecular formula is C20H36N2OSn. The van der Waals surface area contributed by atoms with E-state index in [4.69, 9.17) is 0 Å². The van der Waals surface area contributed by atoms with Gasteiger partial charge in [0.05, 0.1) is 0 Å². The van der Waals surface area contributed by atoms with Crippen molar-refractivity contribution in [1.29, 1.82) is 0 Å². The molecule has 0 spiro atoms. The maximum absolute atomic E-state index is 11.3. The first-order valence-corrected chi connectivity index (χ1v) is 17.2. The van der Waals surface area contributed by atoms with Crippen molar-refractivity contribution in [3.8, 4) is 0 Å². The Balaban J connectivity index is 3.18. The first-order chi connectivity index (χ1) is 11.5. The zero-order chi connectivity index (χ0) is 18.0. The number of carbonyl (C=O) groups excluding carboxylic acids is 1. The normalized spacial score (nSPS) is 11.5. The van der Waals surface area contributed by atoms with E-state index in [9.17, 15) is 4.79 Å². The molecule has 24 heavy (non-hydrogen) atoms. The molecule has 3 nitrogen and oxygen atoms in total. The van der Waals surface area contributed by atoms with Crippen molar-refractivity contribution in [2.75, 3.05) is 5.32 Å². The molecule has 1 N–H and O–H groups in total. The van der Waals surface area contributed by atoms with Crippen LogP contribution in [0, 0.1) is 6.92 Å². The average molecular weight is 439 g/mol. The topological polar surface area (TPSA) is 42.0 Å². The van der Waals surface area contributed by atoms with Gasteiger partial charge in [-0.1, -0.05) is 0 Å². The predicted octanol–water partition coefficient (Wildman–Crippen LogP) is 5.40. The number of nitrogens with zero attached hydrogens (tertiary/aromatic N) is 1. The molecule has 0 bridgehead atoms. The van der Waals surface area contributed by atoms with Crippen LogP contribution in [0.2, 0.25) is 13.3 Å². The molecule has 1 rings (SSSR count). The Morgan fingerprint density at radius 1 is 1.04 bits per heavy atom. The molecule has 1 amide bonds. The van der Waals surface area contributed by atoms with Crippen molar-refractivity contribution in [3.05, 3.63) is 17.8 Å². The third kappa shape index (κ3) is 6.38. The number of carbonyl (C=O) groups is 1. The van der Waals surface area contributed by atoms with E-state index in [1.165, 1.54) is 51.8 Å². The van der Waals surface area contributed by atoms with E-state index in [0.29, 0.717) is 0 Å². The van der Waals surface area contributed by atoms with Crippen LogP contribution in [0.3, 0.4) is 0 Å². The van der Waals surface area contributed by atoms with E-state index in [-0.39, 0.29) is 5.91 Å². The van der Waals surface area contributed by atoms with Crippen molar-refractivity contribution in [3.63, 3.8) is 0 Å². The second kappa shape index (κ2) is 11.1. The number of aromatic nitrogens is 1. The summed E-state index contributed by atoms with van der Waals surface area (Å²) in [6.07, 6.45) is 10.0. The van der Waals surface area contributed by atoms with Gasteiger partial charge in [0.15, 0.2) is 0 Å². The van der Waals surface area contributed by atoms with E-state index in [0.717, 1.165) is 11.4 Å². The van der Waals surface area contributed by atoms with E-state index in [2.05, 4.69) is 50.3 Å². The number of aryl methyl sites for hydroxylation is 1. The standard InChI is InChI=1S/C8H9N2O.3C4H9.Sn/c1-6-4-3-5-9-8(6)10-7(2)11;3*1-3-4-2;/h4-5H,1-2H3,(H,9,10,11);3*1,3-4H2,2H3;. The zero-order valence-corrected chi connectivity index (χ0v) is 19.2. The Morgan fingerprint density at radius 3 is 1.92 bits per heavy atom. The van der Waals surface area contributed by atoms with E-state index in [1.54, 1.807) is 10.5 Å². The summed E-state index contributed by atoms with van der Waals surface area (Å²) in [6, 6.07) is 2.36. The first kappa shape index (κ1) is 21.5. The Kier molecular flexibility index (Phi) is 9.94. The maximum atomic E-state index is 11.3. The number of anilines is 1. The summed E-state index contributed by atoms with van der Waals surface area (Å²) in [5, 5.41) is 2.85. The molecule has 0 saturated carbocycles. The van der Waals surface area contributed by atoms with Crippen LogP contribution in [0.1, 0.15) is 71.8 Å². The first-order valence-electron chi connectivity index (χ1n) is 9.73. The van der Waals surface area contributed by atoms with E-state index in [1.807, 2.05) is 0 Å². The number of amides is 1. The SMILES string of the molecule is CCC[CH2][Sn]([CH2]CCC)([CH2]CCC)[c]1cnc(NC(C)=O)c(C)c1.